The first-order valence-corrected chi connectivity index (χ1v) is 8.61. The average molecular weight is 337 g/mol. The predicted octanol–water partition coefficient (Wildman–Crippen LogP) is 3.39. The summed E-state index contributed by atoms with van der Waals surface area (Å²) in [6, 6.07) is 8.40. The molecule has 0 atom stereocenters. The molecule has 2 aromatic rings. The monoisotopic (exact) mass is 336 g/mol. The van der Waals surface area contributed by atoms with Crippen molar-refractivity contribution in [3.8, 4) is 11.1 Å². The summed E-state index contributed by atoms with van der Waals surface area (Å²) < 4.78 is 29.8. The van der Waals surface area contributed by atoms with E-state index in [1.165, 1.54) is 13.2 Å². The number of hydrogen-bond acceptors (Lipinski definition) is 4. The van der Waals surface area contributed by atoms with E-state index in [1.54, 1.807) is 25.1 Å². The third kappa shape index (κ3) is 2.21. The summed E-state index contributed by atoms with van der Waals surface area (Å²) in [7, 11) is -2.28. The van der Waals surface area contributed by atoms with E-state index in [1.807, 2.05) is 6.07 Å². The van der Waals surface area contributed by atoms with Crippen molar-refractivity contribution in [2.75, 3.05) is 7.11 Å². The second-order valence-corrected chi connectivity index (χ2v) is 7.55. The molecule has 0 saturated heterocycles. The average Bonchev–Trinajstić information content (AvgIpc) is 2.47. The van der Waals surface area contributed by atoms with Crippen LogP contribution in [-0.4, -0.2) is 21.5 Å². The van der Waals surface area contributed by atoms with E-state index in [0.717, 1.165) is 5.56 Å². The van der Waals surface area contributed by atoms with Gasteiger partial charge in [-0.1, -0.05) is 23.7 Å². The van der Waals surface area contributed by atoms with Gasteiger partial charge in [0.1, 0.15) is 0 Å². The van der Waals surface area contributed by atoms with Crippen LogP contribution < -0.4 is 0 Å². The van der Waals surface area contributed by atoms with Gasteiger partial charge in [0, 0.05) is 10.6 Å². The van der Waals surface area contributed by atoms with Gasteiger partial charge in [-0.25, -0.2) is 13.2 Å². The Balaban J connectivity index is 2.37. The lowest BCUT2D eigenvalue weighted by atomic mass is 9.96. The molecule has 6 heteroatoms. The molecule has 0 N–H and O–H groups in total. The van der Waals surface area contributed by atoms with E-state index < -0.39 is 15.8 Å². The number of rotatable bonds is 1. The Kier molecular flexibility index (Phi) is 3.50. The minimum atomic E-state index is -3.55. The Labute approximate surface area is 133 Å². The normalized spacial score (nSPS) is 14.9. The molecule has 0 unspecified atom stereocenters. The highest BCUT2D eigenvalue weighted by molar-refractivity contribution is 7.91. The first-order chi connectivity index (χ1) is 10.3. The highest BCUT2D eigenvalue weighted by Crippen LogP contribution is 2.41. The fourth-order valence-corrected chi connectivity index (χ4v) is 4.68. The van der Waals surface area contributed by atoms with E-state index in [2.05, 4.69) is 0 Å². The van der Waals surface area contributed by atoms with Gasteiger partial charge in [-0.05, 0) is 41.8 Å². The Hall–Kier alpha value is -1.85. The zero-order valence-electron chi connectivity index (χ0n) is 12.0. The highest BCUT2D eigenvalue weighted by atomic mass is 35.5. The molecule has 1 heterocycles. The van der Waals surface area contributed by atoms with Crippen molar-refractivity contribution in [3.63, 3.8) is 0 Å². The van der Waals surface area contributed by atoms with Crippen molar-refractivity contribution in [2.24, 2.45) is 0 Å². The summed E-state index contributed by atoms with van der Waals surface area (Å²) in [4.78, 5) is 11.9. The molecule has 0 aromatic heterocycles. The third-order valence-electron chi connectivity index (χ3n) is 3.81. The lowest BCUT2D eigenvalue weighted by molar-refractivity contribution is 0.0599. The van der Waals surface area contributed by atoms with Crippen molar-refractivity contribution in [2.45, 2.75) is 17.6 Å². The van der Waals surface area contributed by atoms with Crippen LogP contribution in [0, 0.1) is 6.92 Å². The maximum Gasteiger partial charge on any atom is 0.338 e. The number of halogens is 1. The molecule has 0 amide bonds. The first kappa shape index (κ1) is 15.1. The van der Waals surface area contributed by atoms with Gasteiger partial charge < -0.3 is 4.74 Å². The number of aryl methyl sites for hydroxylation is 1. The van der Waals surface area contributed by atoms with Crippen LogP contribution >= 0.6 is 11.6 Å². The smallest absolute Gasteiger partial charge is 0.338 e. The molecule has 0 spiro atoms. The lowest BCUT2D eigenvalue weighted by Crippen LogP contribution is -2.15. The van der Waals surface area contributed by atoms with Gasteiger partial charge in [-0.2, -0.15) is 0 Å². The topological polar surface area (TPSA) is 60.4 Å². The summed E-state index contributed by atoms with van der Waals surface area (Å²) in [5.41, 5.74) is 2.89. The van der Waals surface area contributed by atoms with Gasteiger partial charge in [0.25, 0.3) is 0 Å². The molecule has 22 heavy (non-hydrogen) atoms. The molecule has 2 aromatic carbocycles. The molecule has 0 radical (unpaired) electrons. The van der Waals surface area contributed by atoms with Crippen LogP contribution in [-0.2, 0) is 20.3 Å². The minimum absolute atomic E-state index is 0.147. The van der Waals surface area contributed by atoms with Crippen molar-refractivity contribution >= 4 is 27.4 Å². The molecule has 0 saturated carbocycles. The van der Waals surface area contributed by atoms with Crippen LogP contribution in [0.2, 0.25) is 5.02 Å². The number of hydrogen-bond donors (Lipinski definition) is 0. The van der Waals surface area contributed by atoms with Crippen molar-refractivity contribution in [3.05, 3.63) is 52.0 Å². The number of sulfone groups is 1. The van der Waals surface area contributed by atoms with Crippen molar-refractivity contribution in [1.29, 1.82) is 0 Å². The number of carbonyl (C=O) groups excluding carboxylic acids is 1. The first-order valence-electron chi connectivity index (χ1n) is 6.58. The van der Waals surface area contributed by atoms with E-state index in [0.29, 0.717) is 21.7 Å². The largest absolute Gasteiger partial charge is 0.465 e. The summed E-state index contributed by atoms with van der Waals surface area (Å²) in [5.74, 6) is -0.717. The summed E-state index contributed by atoms with van der Waals surface area (Å²) in [6.07, 6.45) is 0. The third-order valence-corrected chi connectivity index (χ3v) is 5.84. The molecule has 1 aliphatic rings. The molecule has 0 aliphatic carbocycles. The van der Waals surface area contributed by atoms with Crippen LogP contribution in [0.3, 0.4) is 0 Å². The molecular formula is C16H13ClO4S. The minimum Gasteiger partial charge on any atom is -0.465 e. The Morgan fingerprint density at radius 3 is 2.64 bits per heavy atom. The van der Waals surface area contributed by atoms with Gasteiger partial charge in [-0.3, -0.25) is 0 Å². The van der Waals surface area contributed by atoms with Crippen molar-refractivity contribution < 1.29 is 17.9 Å². The van der Waals surface area contributed by atoms with Gasteiger partial charge in [-0.15, -0.1) is 0 Å². The maximum atomic E-state index is 12.6. The van der Waals surface area contributed by atoms with E-state index in [4.69, 9.17) is 16.3 Å². The second-order valence-electron chi connectivity index (χ2n) is 5.18. The van der Waals surface area contributed by atoms with Crippen LogP contribution in [0.4, 0.5) is 0 Å². The lowest BCUT2D eigenvalue weighted by Gasteiger charge is -2.22. The Bertz CT molecular complexity index is 901. The SMILES string of the molecule is COC(=O)c1cc2c(cc1C)-c1cccc(Cl)c1CS2(=O)=O. The molecule has 0 fully saturated rings. The fourth-order valence-electron chi connectivity index (χ4n) is 2.71. The number of fused-ring (bicyclic) bond motifs is 3. The van der Waals surface area contributed by atoms with E-state index in [9.17, 15) is 13.2 Å². The van der Waals surface area contributed by atoms with Crippen LogP contribution in [0.1, 0.15) is 21.5 Å². The summed E-state index contributed by atoms with van der Waals surface area (Å²) >= 11 is 6.14. The second kappa shape index (κ2) is 5.11. The molecular weight excluding hydrogens is 324 g/mol. The number of methoxy groups -OCH3 is 1. The van der Waals surface area contributed by atoms with Crippen LogP contribution in [0.25, 0.3) is 11.1 Å². The van der Waals surface area contributed by atoms with Crippen LogP contribution in [0.5, 0.6) is 0 Å². The van der Waals surface area contributed by atoms with Gasteiger partial charge >= 0.3 is 5.97 Å². The number of esters is 1. The number of carbonyl (C=O) groups is 1. The summed E-state index contributed by atoms with van der Waals surface area (Å²) in [5, 5.41) is 0.432. The van der Waals surface area contributed by atoms with Gasteiger partial charge in [0.05, 0.1) is 23.3 Å². The van der Waals surface area contributed by atoms with Crippen LogP contribution in [0.15, 0.2) is 35.2 Å². The van der Waals surface area contributed by atoms with E-state index >= 15 is 0 Å². The molecule has 1 aliphatic heterocycles. The standard InChI is InChI=1S/C16H13ClO4S/c1-9-6-12-10-4-3-5-14(17)13(10)8-22(19,20)15(12)7-11(9)16(18)21-2/h3-7H,8H2,1-2H3. The molecule has 0 bridgehead atoms. The van der Waals surface area contributed by atoms with Gasteiger partial charge in [0.2, 0.25) is 0 Å². The predicted molar refractivity (Wildman–Crippen MR) is 83.9 cm³/mol. The molecule has 4 nitrogen and oxygen atoms in total. The zero-order chi connectivity index (χ0) is 16.1. The fraction of sp³-hybridized carbons (Fsp3) is 0.188. The Morgan fingerprint density at radius 1 is 1.23 bits per heavy atom. The molecule has 114 valence electrons. The maximum absolute atomic E-state index is 12.6. The molecule has 3 rings (SSSR count). The zero-order valence-corrected chi connectivity index (χ0v) is 13.6. The Morgan fingerprint density at radius 2 is 1.95 bits per heavy atom. The highest BCUT2D eigenvalue weighted by Gasteiger charge is 2.31. The quantitative estimate of drug-likeness (QED) is 0.749. The van der Waals surface area contributed by atoms with Crippen molar-refractivity contribution in [1.82, 2.24) is 0 Å². The van der Waals surface area contributed by atoms with Gasteiger partial charge in [0.15, 0.2) is 9.84 Å². The van der Waals surface area contributed by atoms with E-state index in [-0.39, 0.29) is 16.2 Å². The summed E-state index contributed by atoms with van der Waals surface area (Å²) in [6.45, 7) is 1.75. The number of ether oxygens (including phenoxy) is 1. The number of benzene rings is 2.